The number of hydrogen-bond acceptors (Lipinski definition) is 4. The monoisotopic (exact) mass is 401 g/mol. The maximum Gasteiger partial charge on any atom is 0.325 e. The Hall–Kier alpha value is -2.60. The summed E-state index contributed by atoms with van der Waals surface area (Å²) in [5.74, 6) is -0.751. The molecule has 0 spiro atoms. The summed E-state index contributed by atoms with van der Waals surface area (Å²) >= 11 is 3.40. The lowest BCUT2D eigenvalue weighted by atomic mass is 10.1. The van der Waals surface area contributed by atoms with Crippen molar-refractivity contribution < 1.29 is 18.7 Å². The molecule has 2 aromatic carbocycles. The first-order valence-corrected chi connectivity index (χ1v) is 8.50. The van der Waals surface area contributed by atoms with E-state index in [1.807, 2.05) is 42.5 Å². The van der Waals surface area contributed by atoms with Gasteiger partial charge in [-0.05, 0) is 30.7 Å². The Kier molecular flexibility index (Phi) is 5.19. The van der Waals surface area contributed by atoms with Crippen molar-refractivity contribution in [2.45, 2.75) is 13.5 Å². The number of esters is 1. The van der Waals surface area contributed by atoms with E-state index in [9.17, 15) is 9.59 Å². The number of rotatable bonds is 5. The molecule has 128 valence electrons. The Morgan fingerprint density at radius 3 is 2.68 bits per heavy atom. The van der Waals surface area contributed by atoms with E-state index in [1.54, 1.807) is 13.0 Å². The van der Waals surface area contributed by atoms with Crippen LogP contribution in [0.3, 0.4) is 0 Å². The zero-order valence-electron chi connectivity index (χ0n) is 13.5. The molecule has 3 aromatic rings. The molecule has 1 amide bonds. The van der Waals surface area contributed by atoms with Gasteiger partial charge in [-0.15, -0.1) is 0 Å². The van der Waals surface area contributed by atoms with Gasteiger partial charge in [0.1, 0.15) is 18.7 Å². The SMILES string of the molecule is Cc1c(C(=O)NCC(=O)OCc2ccccc2)oc2ccc(Br)cc12. The Morgan fingerprint density at radius 2 is 1.92 bits per heavy atom. The topological polar surface area (TPSA) is 68.5 Å². The molecule has 1 N–H and O–H groups in total. The molecule has 0 saturated carbocycles. The van der Waals surface area contributed by atoms with Gasteiger partial charge >= 0.3 is 5.97 Å². The van der Waals surface area contributed by atoms with E-state index in [1.165, 1.54) is 0 Å². The van der Waals surface area contributed by atoms with Gasteiger partial charge in [-0.3, -0.25) is 9.59 Å². The van der Waals surface area contributed by atoms with Crippen LogP contribution < -0.4 is 5.32 Å². The van der Waals surface area contributed by atoms with E-state index in [4.69, 9.17) is 9.15 Å². The number of hydrogen-bond donors (Lipinski definition) is 1. The summed E-state index contributed by atoms with van der Waals surface area (Å²) in [6.45, 7) is 1.76. The number of fused-ring (bicyclic) bond motifs is 1. The number of carbonyl (C=O) groups excluding carboxylic acids is 2. The lowest BCUT2D eigenvalue weighted by Crippen LogP contribution is -2.30. The van der Waals surface area contributed by atoms with E-state index in [0.29, 0.717) is 5.58 Å². The summed E-state index contributed by atoms with van der Waals surface area (Å²) < 4.78 is 11.6. The van der Waals surface area contributed by atoms with Crippen LogP contribution in [0.5, 0.6) is 0 Å². The van der Waals surface area contributed by atoms with Crippen LogP contribution in [0.25, 0.3) is 11.0 Å². The van der Waals surface area contributed by atoms with Crippen LogP contribution in [0.2, 0.25) is 0 Å². The number of furan rings is 1. The minimum atomic E-state index is -0.506. The van der Waals surface area contributed by atoms with Crippen molar-refractivity contribution in [1.82, 2.24) is 5.32 Å². The van der Waals surface area contributed by atoms with Gasteiger partial charge in [-0.2, -0.15) is 0 Å². The molecule has 0 saturated heterocycles. The summed E-state index contributed by atoms with van der Waals surface area (Å²) in [7, 11) is 0. The number of nitrogens with one attached hydrogen (secondary N) is 1. The fraction of sp³-hybridized carbons (Fsp3) is 0.158. The summed E-state index contributed by atoms with van der Waals surface area (Å²) in [6, 6.07) is 14.9. The van der Waals surface area contributed by atoms with Crippen molar-refractivity contribution in [3.8, 4) is 0 Å². The lowest BCUT2D eigenvalue weighted by Gasteiger charge is -2.06. The van der Waals surface area contributed by atoms with Gasteiger partial charge in [-0.25, -0.2) is 0 Å². The molecule has 0 radical (unpaired) electrons. The number of ether oxygens (including phenoxy) is 1. The van der Waals surface area contributed by atoms with Crippen molar-refractivity contribution in [1.29, 1.82) is 0 Å². The van der Waals surface area contributed by atoms with Gasteiger partial charge in [0, 0.05) is 15.4 Å². The zero-order chi connectivity index (χ0) is 17.8. The molecule has 1 aromatic heterocycles. The number of aryl methyl sites for hydroxylation is 1. The van der Waals surface area contributed by atoms with Crippen molar-refractivity contribution >= 4 is 38.8 Å². The summed E-state index contributed by atoms with van der Waals surface area (Å²) in [6.07, 6.45) is 0. The van der Waals surface area contributed by atoms with Crippen molar-refractivity contribution in [2.75, 3.05) is 6.54 Å². The molecule has 25 heavy (non-hydrogen) atoms. The third-order valence-electron chi connectivity index (χ3n) is 3.74. The molecule has 3 rings (SSSR count). The van der Waals surface area contributed by atoms with E-state index >= 15 is 0 Å². The molecule has 0 fully saturated rings. The first-order valence-electron chi connectivity index (χ1n) is 7.71. The Bertz CT molecular complexity index is 918. The van der Waals surface area contributed by atoms with Crippen LogP contribution in [0, 0.1) is 6.92 Å². The molecule has 1 heterocycles. The largest absolute Gasteiger partial charge is 0.460 e. The molecule has 0 atom stereocenters. The van der Waals surface area contributed by atoms with Crippen molar-refractivity contribution in [3.63, 3.8) is 0 Å². The Balaban J connectivity index is 1.59. The van der Waals surface area contributed by atoms with Gasteiger partial charge in [0.05, 0.1) is 0 Å². The summed E-state index contributed by atoms with van der Waals surface area (Å²) in [4.78, 5) is 24.1. The minimum absolute atomic E-state index is 0.174. The quantitative estimate of drug-likeness (QED) is 0.656. The predicted molar refractivity (Wildman–Crippen MR) is 97.2 cm³/mol. The van der Waals surface area contributed by atoms with Gasteiger partial charge in [0.2, 0.25) is 0 Å². The smallest absolute Gasteiger partial charge is 0.325 e. The first kappa shape index (κ1) is 17.2. The number of amides is 1. The van der Waals surface area contributed by atoms with Crippen molar-refractivity contribution in [2.24, 2.45) is 0 Å². The minimum Gasteiger partial charge on any atom is -0.460 e. The molecule has 0 aliphatic heterocycles. The van der Waals surface area contributed by atoms with Crippen LogP contribution in [-0.2, 0) is 16.1 Å². The maximum absolute atomic E-state index is 12.3. The molecular weight excluding hydrogens is 386 g/mol. The standard InChI is InChI=1S/C19H16BrNO4/c1-12-15-9-14(20)7-8-16(15)25-18(12)19(23)21-10-17(22)24-11-13-5-3-2-4-6-13/h2-9H,10-11H2,1H3,(H,21,23). The summed E-state index contributed by atoms with van der Waals surface area (Å²) in [5.41, 5.74) is 2.24. The van der Waals surface area contributed by atoms with Gasteiger partial charge < -0.3 is 14.5 Å². The van der Waals surface area contributed by atoms with Crippen LogP contribution in [0.15, 0.2) is 57.4 Å². The molecule has 0 aliphatic carbocycles. The van der Waals surface area contributed by atoms with Gasteiger partial charge in [0.15, 0.2) is 5.76 Å². The normalized spacial score (nSPS) is 10.6. The first-order chi connectivity index (χ1) is 12.0. The fourth-order valence-electron chi connectivity index (χ4n) is 2.43. The summed E-state index contributed by atoms with van der Waals surface area (Å²) in [5, 5.41) is 3.39. The Morgan fingerprint density at radius 1 is 1.16 bits per heavy atom. The molecule has 0 unspecified atom stereocenters. The lowest BCUT2D eigenvalue weighted by molar-refractivity contribution is -0.143. The van der Waals surface area contributed by atoms with Gasteiger partial charge in [0.25, 0.3) is 5.91 Å². The predicted octanol–water partition coefficient (Wildman–Crippen LogP) is 3.98. The highest BCUT2D eigenvalue weighted by Crippen LogP contribution is 2.27. The molecule has 6 heteroatoms. The van der Waals surface area contributed by atoms with E-state index < -0.39 is 11.9 Å². The average Bonchev–Trinajstić information content (AvgIpc) is 2.95. The molecule has 0 aliphatic rings. The van der Waals surface area contributed by atoms with E-state index in [-0.39, 0.29) is 18.9 Å². The van der Waals surface area contributed by atoms with E-state index in [2.05, 4.69) is 21.2 Å². The highest BCUT2D eigenvalue weighted by Gasteiger charge is 2.18. The number of benzene rings is 2. The third kappa shape index (κ3) is 4.09. The fourth-order valence-corrected chi connectivity index (χ4v) is 2.79. The van der Waals surface area contributed by atoms with E-state index in [0.717, 1.165) is 21.0 Å². The molecular formula is C19H16BrNO4. The second-order valence-electron chi connectivity index (χ2n) is 5.53. The average molecular weight is 402 g/mol. The molecule has 5 nitrogen and oxygen atoms in total. The van der Waals surface area contributed by atoms with Gasteiger partial charge in [-0.1, -0.05) is 46.3 Å². The van der Waals surface area contributed by atoms with Crippen LogP contribution in [0.1, 0.15) is 21.7 Å². The number of carbonyl (C=O) groups is 2. The molecule has 0 bridgehead atoms. The van der Waals surface area contributed by atoms with Crippen LogP contribution in [0.4, 0.5) is 0 Å². The zero-order valence-corrected chi connectivity index (χ0v) is 15.1. The van der Waals surface area contributed by atoms with Crippen molar-refractivity contribution in [3.05, 3.63) is 69.9 Å². The number of halogens is 1. The van der Waals surface area contributed by atoms with Crippen LogP contribution >= 0.6 is 15.9 Å². The maximum atomic E-state index is 12.3. The second kappa shape index (κ2) is 7.53. The highest BCUT2D eigenvalue weighted by atomic mass is 79.9. The third-order valence-corrected chi connectivity index (χ3v) is 4.23. The van der Waals surface area contributed by atoms with Crippen LogP contribution in [-0.4, -0.2) is 18.4 Å². The second-order valence-corrected chi connectivity index (χ2v) is 6.44. The Labute approximate surface area is 153 Å². The highest BCUT2D eigenvalue weighted by molar-refractivity contribution is 9.10.